The van der Waals surface area contributed by atoms with Crippen LogP contribution in [0.25, 0.3) is 0 Å². The summed E-state index contributed by atoms with van der Waals surface area (Å²) in [5, 5.41) is 16.2. The van der Waals surface area contributed by atoms with E-state index < -0.39 is 0 Å². The van der Waals surface area contributed by atoms with Crippen LogP contribution in [0.5, 0.6) is 0 Å². The van der Waals surface area contributed by atoms with Gasteiger partial charge in [-0.15, -0.1) is 10.2 Å². The second-order valence-corrected chi connectivity index (χ2v) is 5.14. The Bertz CT molecular complexity index is 362. The van der Waals surface area contributed by atoms with E-state index in [1.165, 1.54) is 32.1 Å². The van der Waals surface area contributed by atoms with Crippen LogP contribution in [0.2, 0.25) is 0 Å². The van der Waals surface area contributed by atoms with Crippen LogP contribution in [0.3, 0.4) is 0 Å². The number of aryl methyl sites for hydroxylation is 1. The van der Waals surface area contributed by atoms with Gasteiger partial charge in [0.2, 0.25) is 0 Å². The summed E-state index contributed by atoms with van der Waals surface area (Å²) < 4.78 is 0. The summed E-state index contributed by atoms with van der Waals surface area (Å²) >= 11 is 0. The van der Waals surface area contributed by atoms with Crippen molar-refractivity contribution in [2.45, 2.75) is 37.5 Å². The number of rotatable bonds is 2. The third kappa shape index (κ3) is 1.45. The Kier molecular flexibility index (Phi) is 2.42. The molecular weight excluding hydrogens is 202 g/mol. The van der Waals surface area contributed by atoms with E-state index >= 15 is 0 Å². The monoisotopic (exact) mass is 221 g/mol. The average Bonchev–Trinajstić information content (AvgIpc) is 2.64. The molecule has 1 aliphatic heterocycles. The Morgan fingerprint density at radius 2 is 2.06 bits per heavy atom. The van der Waals surface area contributed by atoms with E-state index in [9.17, 15) is 0 Å². The van der Waals surface area contributed by atoms with Crippen LogP contribution in [-0.4, -0.2) is 33.3 Å². The molecule has 0 unspecified atom stereocenters. The molecule has 1 aromatic rings. The van der Waals surface area contributed by atoms with Gasteiger partial charge in [-0.2, -0.15) is 4.80 Å². The molecule has 2 heterocycles. The highest BCUT2D eigenvalue weighted by molar-refractivity contribution is 5.12. The predicted molar refractivity (Wildman–Crippen MR) is 59.9 cm³/mol. The molecule has 16 heavy (non-hydrogen) atoms. The lowest BCUT2D eigenvalue weighted by molar-refractivity contribution is 0.115. The first kappa shape index (κ1) is 10.2. The summed E-state index contributed by atoms with van der Waals surface area (Å²) in [4.78, 5) is 1.60. The maximum atomic E-state index is 4.48. The van der Waals surface area contributed by atoms with Crippen LogP contribution < -0.4 is 5.32 Å². The second kappa shape index (κ2) is 3.80. The fourth-order valence-electron chi connectivity index (χ4n) is 3.13. The minimum atomic E-state index is 0.220. The number of tetrazole rings is 1. The lowest BCUT2D eigenvalue weighted by Crippen LogP contribution is -2.48. The predicted octanol–water partition coefficient (Wildman–Crippen LogP) is 0.631. The molecule has 0 bridgehead atoms. The maximum Gasteiger partial charge on any atom is 0.181 e. The fourth-order valence-corrected chi connectivity index (χ4v) is 3.13. The molecule has 1 saturated carbocycles. The normalized spacial score (nSPS) is 25.3. The highest BCUT2D eigenvalue weighted by atomic mass is 15.6. The third-order valence-electron chi connectivity index (χ3n) is 4.34. The number of nitrogens with zero attached hydrogens (tertiary/aromatic N) is 4. The van der Waals surface area contributed by atoms with E-state index in [1.807, 2.05) is 7.05 Å². The van der Waals surface area contributed by atoms with Crippen molar-refractivity contribution < 1.29 is 0 Å². The number of aromatic nitrogens is 4. The molecule has 0 spiro atoms. The molecule has 1 saturated heterocycles. The van der Waals surface area contributed by atoms with Gasteiger partial charge in [0.1, 0.15) is 0 Å². The first-order valence-corrected chi connectivity index (χ1v) is 6.26. The Morgan fingerprint density at radius 3 is 2.56 bits per heavy atom. The van der Waals surface area contributed by atoms with Gasteiger partial charge in [-0.1, -0.05) is 6.42 Å². The third-order valence-corrected chi connectivity index (χ3v) is 4.34. The molecular formula is C11H19N5. The quantitative estimate of drug-likeness (QED) is 0.796. The second-order valence-electron chi connectivity index (χ2n) is 5.14. The van der Waals surface area contributed by atoms with E-state index in [0.29, 0.717) is 0 Å². The van der Waals surface area contributed by atoms with Crippen molar-refractivity contribution in [2.75, 3.05) is 13.1 Å². The van der Waals surface area contributed by atoms with E-state index in [0.717, 1.165) is 24.8 Å². The van der Waals surface area contributed by atoms with Crippen molar-refractivity contribution in [3.63, 3.8) is 0 Å². The van der Waals surface area contributed by atoms with Crippen molar-refractivity contribution >= 4 is 0 Å². The van der Waals surface area contributed by atoms with Crippen molar-refractivity contribution in [1.82, 2.24) is 25.5 Å². The molecule has 0 aromatic carbocycles. The van der Waals surface area contributed by atoms with Gasteiger partial charge in [-0.25, -0.2) is 0 Å². The largest absolute Gasteiger partial charge is 0.317 e. The van der Waals surface area contributed by atoms with Crippen LogP contribution in [0, 0.1) is 5.92 Å². The summed E-state index contributed by atoms with van der Waals surface area (Å²) in [6, 6.07) is 0. The smallest absolute Gasteiger partial charge is 0.181 e. The highest BCUT2D eigenvalue weighted by Gasteiger charge is 2.46. The summed E-state index contributed by atoms with van der Waals surface area (Å²) in [6.07, 6.45) is 6.41. The van der Waals surface area contributed by atoms with Gasteiger partial charge in [-0.05, 0) is 49.9 Å². The number of hydrogen-bond donors (Lipinski definition) is 1. The molecule has 0 radical (unpaired) electrons. The Balaban J connectivity index is 1.93. The van der Waals surface area contributed by atoms with E-state index in [1.54, 1.807) is 4.80 Å². The number of hydrogen-bond acceptors (Lipinski definition) is 4. The van der Waals surface area contributed by atoms with Gasteiger partial charge in [0.05, 0.1) is 7.05 Å². The molecule has 1 aromatic heterocycles. The summed E-state index contributed by atoms with van der Waals surface area (Å²) in [7, 11) is 1.85. The van der Waals surface area contributed by atoms with Crippen molar-refractivity contribution in [2.24, 2.45) is 13.0 Å². The molecule has 0 atom stereocenters. The van der Waals surface area contributed by atoms with Crippen molar-refractivity contribution in [3.05, 3.63) is 5.82 Å². The van der Waals surface area contributed by atoms with Crippen LogP contribution in [0.4, 0.5) is 0 Å². The molecule has 88 valence electrons. The zero-order valence-electron chi connectivity index (χ0n) is 9.82. The molecule has 2 fully saturated rings. The first-order chi connectivity index (χ1) is 7.81. The summed E-state index contributed by atoms with van der Waals surface area (Å²) in [6.45, 7) is 2.18. The van der Waals surface area contributed by atoms with Gasteiger partial charge in [-0.3, -0.25) is 0 Å². The molecule has 5 nitrogen and oxygen atoms in total. The fraction of sp³-hybridized carbons (Fsp3) is 0.909. The Morgan fingerprint density at radius 1 is 1.31 bits per heavy atom. The van der Waals surface area contributed by atoms with Gasteiger partial charge < -0.3 is 5.32 Å². The molecule has 1 aliphatic carbocycles. The van der Waals surface area contributed by atoms with Gasteiger partial charge in [0.25, 0.3) is 0 Å². The SMILES string of the molecule is Cn1nnc(C2(C3CCC3)CCNCC2)n1. The average molecular weight is 221 g/mol. The first-order valence-electron chi connectivity index (χ1n) is 6.26. The van der Waals surface area contributed by atoms with E-state index in [2.05, 4.69) is 20.7 Å². The Labute approximate surface area is 95.6 Å². The van der Waals surface area contributed by atoms with Gasteiger partial charge >= 0.3 is 0 Å². The Hall–Kier alpha value is -0.970. The molecule has 0 amide bonds. The van der Waals surface area contributed by atoms with E-state index in [-0.39, 0.29) is 5.41 Å². The minimum Gasteiger partial charge on any atom is -0.317 e. The zero-order valence-corrected chi connectivity index (χ0v) is 9.82. The standard InChI is InChI=1S/C11H19N5/c1-16-14-10(13-15-16)11(9-3-2-4-9)5-7-12-8-6-11/h9,12H,2-8H2,1H3. The molecule has 3 rings (SSSR count). The van der Waals surface area contributed by atoms with Gasteiger partial charge in [0, 0.05) is 5.41 Å². The summed E-state index contributed by atoms with van der Waals surface area (Å²) in [5.41, 5.74) is 0.220. The van der Waals surface area contributed by atoms with Crippen LogP contribution >= 0.6 is 0 Å². The highest BCUT2D eigenvalue weighted by Crippen LogP contribution is 2.47. The number of nitrogens with one attached hydrogen (secondary N) is 1. The lowest BCUT2D eigenvalue weighted by atomic mass is 9.60. The molecule has 1 N–H and O–H groups in total. The topological polar surface area (TPSA) is 55.6 Å². The van der Waals surface area contributed by atoms with Crippen LogP contribution in [0.15, 0.2) is 0 Å². The van der Waals surface area contributed by atoms with E-state index in [4.69, 9.17) is 0 Å². The van der Waals surface area contributed by atoms with Crippen LogP contribution in [-0.2, 0) is 12.5 Å². The molecule has 5 heteroatoms. The maximum absolute atomic E-state index is 4.48. The van der Waals surface area contributed by atoms with Crippen molar-refractivity contribution in [1.29, 1.82) is 0 Å². The lowest BCUT2D eigenvalue weighted by Gasteiger charge is -2.45. The summed E-state index contributed by atoms with van der Waals surface area (Å²) in [5.74, 6) is 1.78. The van der Waals surface area contributed by atoms with Crippen molar-refractivity contribution in [3.8, 4) is 0 Å². The number of piperidine rings is 1. The zero-order chi connectivity index (χ0) is 11.0. The molecule has 2 aliphatic rings. The van der Waals surface area contributed by atoms with Crippen LogP contribution in [0.1, 0.15) is 37.9 Å². The minimum absolute atomic E-state index is 0.220. The van der Waals surface area contributed by atoms with Gasteiger partial charge in [0.15, 0.2) is 5.82 Å².